The maximum Gasteiger partial charge on any atom is 0.340 e. The molecule has 0 radical (unpaired) electrons. The molecule has 25 heavy (non-hydrogen) atoms. The standard InChI is InChI=1S/C20H32N2O3/c1-7-12-17(22(6,8-2)9-3)19(23)21-18-15(5)13-11-14-16(18)20(24)25-10-4/h11,13-14,17H,7-10,12H2,1-6H3/p+1. The number of hydrogen-bond acceptors (Lipinski definition) is 3. The van der Waals surface area contributed by atoms with Gasteiger partial charge in [0.1, 0.15) is 0 Å². The second kappa shape index (κ2) is 9.56. The van der Waals surface area contributed by atoms with Crippen LogP contribution in [-0.4, -0.2) is 49.1 Å². The minimum absolute atomic E-state index is 0.0344. The van der Waals surface area contributed by atoms with Crippen LogP contribution < -0.4 is 5.32 Å². The Labute approximate surface area is 151 Å². The maximum atomic E-state index is 13.1. The Kier molecular flexibility index (Phi) is 8.10. The molecule has 0 saturated carbocycles. The smallest absolute Gasteiger partial charge is 0.340 e. The van der Waals surface area contributed by atoms with Gasteiger partial charge in [-0.1, -0.05) is 19.1 Å². The predicted molar refractivity (Wildman–Crippen MR) is 102 cm³/mol. The van der Waals surface area contributed by atoms with E-state index in [1.165, 1.54) is 0 Å². The van der Waals surface area contributed by atoms with E-state index in [1.54, 1.807) is 19.1 Å². The normalized spacial score (nSPS) is 12.6. The van der Waals surface area contributed by atoms with Crippen molar-refractivity contribution in [1.29, 1.82) is 0 Å². The van der Waals surface area contributed by atoms with Crippen LogP contribution in [0.3, 0.4) is 0 Å². The molecule has 0 aliphatic heterocycles. The summed E-state index contributed by atoms with van der Waals surface area (Å²) in [6.07, 6.45) is 1.75. The predicted octanol–water partition coefficient (Wildman–Crippen LogP) is 3.77. The largest absolute Gasteiger partial charge is 0.462 e. The first-order valence-electron chi connectivity index (χ1n) is 9.26. The molecule has 1 aromatic rings. The number of ether oxygens (including phenoxy) is 1. The number of nitrogens with zero attached hydrogens (tertiary/aromatic N) is 1. The van der Waals surface area contributed by atoms with Crippen molar-refractivity contribution in [1.82, 2.24) is 0 Å². The molecule has 1 rings (SSSR count). The van der Waals surface area contributed by atoms with Crippen LogP contribution in [0.5, 0.6) is 0 Å². The van der Waals surface area contributed by atoms with E-state index in [4.69, 9.17) is 4.74 Å². The summed E-state index contributed by atoms with van der Waals surface area (Å²) in [4.78, 5) is 25.3. The molecule has 140 valence electrons. The number of hydrogen-bond donors (Lipinski definition) is 1. The SMILES string of the molecule is CCCC(C(=O)Nc1c(C)cccc1C(=O)OCC)[N+](C)(CC)CC. The van der Waals surface area contributed by atoms with Crippen molar-refractivity contribution in [3.8, 4) is 0 Å². The summed E-state index contributed by atoms with van der Waals surface area (Å²) in [5.41, 5.74) is 1.83. The van der Waals surface area contributed by atoms with Gasteiger partial charge in [0.2, 0.25) is 0 Å². The van der Waals surface area contributed by atoms with Crippen molar-refractivity contribution in [2.45, 2.75) is 53.5 Å². The van der Waals surface area contributed by atoms with E-state index in [2.05, 4.69) is 33.1 Å². The lowest BCUT2D eigenvalue weighted by molar-refractivity contribution is -0.921. The molecule has 0 heterocycles. The van der Waals surface area contributed by atoms with Crippen LogP contribution in [-0.2, 0) is 9.53 Å². The Morgan fingerprint density at radius 3 is 2.32 bits per heavy atom. The van der Waals surface area contributed by atoms with Crippen molar-refractivity contribution >= 4 is 17.6 Å². The summed E-state index contributed by atoms with van der Waals surface area (Å²) in [5, 5.41) is 3.02. The molecule has 5 heteroatoms. The number of anilines is 1. The van der Waals surface area contributed by atoms with Gasteiger partial charge >= 0.3 is 5.97 Å². The molecular weight excluding hydrogens is 316 g/mol. The van der Waals surface area contributed by atoms with Gasteiger partial charge < -0.3 is 14.5 Å². The van der Waals surface area contributed by atoms with Crippen molar-refractivity contribution in [2.75, 3.05) is 32.1 Å². The molecule has 0 spiro atoms. The number of quaternary nitrogens is 1. The molecule has 0 aliphatic rings. The van der Waals surface area contributed by atoms with Gasteiger partial charge in [0, 0.05) is 6.42 Å². The highest BCUT2D eigenvalue weighted by atomic mass is 16.5. The third kappa shape index (κ3) is 5.05. The number of aryl methyl sites for hydroxylation is 1. The number of benzene rings is 1. The van der Waals surface area contributed by atoms with Crippen LogP contribution in [0.2, 0.25) is 0 Å². The van der Waals surface area contributed by atoms with Gasteiger partial charge in [0.05, 0.1) is 38.0 Å². The van der Waals surface area contributed by atoms with Gasteiger partial charge in [0.15, 0.2) is 6.04 Å². The van der Waals surface area contributed by atoms with Crippen LogP contribution >= 0.6 is 0 Å². The zero-order chi connectivity index (χ0) is 19.0. The molecular formula is C20H33N2O3+. The van der Waals surface area contributed by atoms with E-state index < -0.39 is 5.97 Å². The Bertz CT molecular complexity index is 595. The molecule has 1 aromatic carbocycles. The molecule has 0 bridgehead atoms. The number of carbonyl (C=O) groups excluding carboxylic acids is 2. The minimum atomic E-state index is -0.406. The fourth-order valence-electron chi connectivity index (χ4n) is 3.08. The minimum Gasteiger partial charge on any atom is -0.462 e. The number of amides is 1. The van der Waals surface area contributed by atoms with Crippen molar-refractivity contribution in [2.24, 2.45) is 0 Å². The van der Waals surface area contributed by atoms with Crippen LogP contribution in [0.25, 0.3) is 0 Å². The molecule has 0 aliphatic carbocycles. The third-order valence-corrected chi connectivity index (χ3v) is 5.08. The zero-order valence-corrected chi connectivity index (χ0v) is 16.5. The number of esters is 1. The fourth-order valence-corrected chi connectivity index (χ4v) is 3.08. The molecule has 0 fully saturated rings. The second-order valence-electron chi connectivity index (χ2n) is 6.62. The van der Waals surface area contributed by atoms with Gasteiger partial charge in [-0.15, -0.1) is 0 Å². The lowest BCUT2D eigenvalue weighted by Gasteiger charge is -2.39. The van der Waals surface area contributed by atoms with Crippen molar-refractivity contribution in [3.05, 3.63) is 29.3 Å². The third-order valence-electron chi connectivity index (χ3n) is 5.08. The van der Waals surface area contributed by atoms with Crippen molar-refractivity contribution < 1.29 is 18.8 Å². The van der Waals surface area contributed by atoms with E-state index in [-0.39, 0.29) is 11.9 Å². The summed E-state index contributed by atoms with van der Waals surface area (Å²) >= 11 is 0. The highest BCUT2D eigenvalue weighted by Gasteiger charge is 2.35. The van der Waals surface area contributed by atoms with Crippen molar-refractivity contribution in [3.63, 3.8) is 0 Å². The molecule has 1 unspecified atom stereocenters. The lowest BCUT2D eigenvalue weighted by Crippen LogP contribution is -2.57. The van der Waals surface area contributed by atoms with E-state index in [0.717, 1.165) is 31.5 Å². The Balaban J connectivity index is 3.18. The molecule has 5 nitrogen and oxygen atoms in total. The monoisotopic (exact) mass is 349 g/mol. The quantitative estimate of drug-likeness (QED) is 0.545. The molecule has 1 amide bonds. The Morgan fingerprint density at radius 1 is 1.16 bits per heavy atom. The summed E-state index contributed by atoms with van der Waals surface area (Å²) in [5.74, 6) is -0.440. The highest BCUT2D eigenvalue weighted by molar-refractivity contribution is 6.03. The van der Waals surface area contributed by atoms with Crippen LogP contribution in [0.1, 0.15) is 56.5 Å². The van der Waals surface area contributed by atoms with Gasteiger partial charge in [-0.3, -0.25) is 4.79 Å². The Morgan fingerprint density at radius 2 is 1.80 bits per heavy atom. The van der Waals surface area contributed by atoms with E-state index in [1.807, 2.05) is 13.0 Å². The maximum absolute atomic E-state index is 13.1. The summed E-state index contributed by atoms with van der Waals surface area (Å²) < 4.78 is 5.81. The van der Waals surface area contributed by atoms with E-state index in [0.29, 0.717) is 22.3 Å². The van der Waals surface area contributed by atoms with Crippen LogP contribution in [0.4, 0.5) is 5.69 Å². The average molecular weight is 349 g/mol. The van der Waals surface area contributed by atoms with Gasteiger partial charge in [-0.05, 0) is 45.7 Å². The first kappa shape index (κ1) is 21.2. The topological polar surface area (TPSA) is 55.4 Å². The summed E-state index contributed by atoms with van der Waals surface area (Å²) in [7, 11) is 2.12. The fraction of sp³-hybridized carbons (Fsp3) is 0.600. The van der Waals surface area contributed by atoms with Gasteiger partial charge in [-0.25, -0.2) is 4.79 Å². The van der Waals surface area contributed by atoms with Crippen LogP contribution in [0.15, 0.2) is 18.2 Å². The number of likely N-dealkylation sites (N-methyl/N-ethyl adjacent to an activating group) is 1. The molecule has 0 saturated heterocycles. The van der Waals surface area contributed by atoms with Gasteiger partial charge in [0.25, 0.3) is 5.91 Å². The molecule has 1 atom stereocenters. The summed E-state index contributed by atoms with van der Waals surface area (Å²) in [6, 6.07) is 5.25. The molecule has 0 aromatic heterocycles. The average Bonchev–Trinajstić information content (AvgIpc) is 2.60. The molecule has 1 N–H and O–H groups in total. The first-order chi connectivity index (χ1) is 11.8. The van der Waals surface area contributed by atoms with E-state index in [9.17, 15) is 9.59 Å². The number of nitrogens with one attached hydrogen (secondary N) is 1. The zero-order valence-electron chi connectivity index (χ0n) is 16.5. The summed E-state index contributed by atoms with van der Waals surface area (Å²) in [6.45, 7) is 12.0. The van der Waals surface area contributed by atoms with E-state index >= 15 is 0 Å². The second-order valence-corrected chi connectivity index (χ2v) is 6.62. The van der Waals surface area contributed by atoms with Crippen LogP contribution in [0, 0.1) is 6.92 Å². The number of para-hydroxylation sites is 1. The first-order valence-corrected chi connectivity index (χ1v) is 9.26. The Hall–Kier alpha value is -1.88. The van der Waals surface area contributed by atoms with Gasteiger partial charge in [-0.2, -0.15) is 0 Å². The highest BCUT2D eigenvalue weighted by Crippen LogP contribution is 2.24. The number of carbonyl (C=O) groups is 2. The lowest BCUT2D eigenvalue weighted by atomic mass is 10.0. The number of rotatable bonds is 9.